The largest absolute Gasteiger partial charge is 0.481 e. The number of sulfonamides is 1. The van der Waals surface area contributed by atoms with Crippen LogP contribution in [0.3, 0.4) is 0 Å². The number of benzene rings is 2. The maximum absolute atomic E-state index is 12.7. The standard InChI is InChI=1S/C22H30N2O4S/c1-7-20(28-19-13-11-16(12-14-19)22(2,3)4)21(25)23-17-9-8-10-18(15-17)24(5)29(6,26)27/h8-15,20H,7H2,1-6H3,(H,23,25). The highest BCUT2D eigenvalue weighted by molar-refractivity contribution is 7.92. The molecule has 1 N–H and O–H groups in total. The number of anilines is 2. The molecular weight excluding hydrogens is 388 g/mol. The van der Waals surface area contributed by atoms with Crippen molar-refractivity contribution in [1.29, 1.82) is 0 Å². The minimum atomic E-state index is -3.38. The van der Waals surface area contributed by atoms with Crippen LogP contribution in [0, 0.1) is 0 Å². The van der Waals surface area contributed by atoms with Gasteiger partial charge < -0.3 is 10.1 Å². The monoisotopic (exact) mass is 418 g/mol. The number of ether oxygens (including phenoxy) is 1. The second-order valence-corrected chi connectivity index (χ2v) is 10.1. The van der Waals surface area contributed by atoms with Crippen LogP contribution in [0.5, 0.6) is 5.75 Å². The average Bonchev–Trinajstić information content (AvgIpc) is 2.64. The molecule has 0 aliphatic carbocycles. The molecule has 0 spiro atoms. The van der Waals surface area contributed by atoms with Gasteiger partial charge in [-0.15, -0.1) is 0 Å². The van der Waals surface area contributed by atoms with Crippen molar-refractivity contribution in [2.75, 3.05) is 22.9 Å². The molecule has 6 nitrogen and oxygen atoms in total. The first kappa shape index (κ1) is 22.7. The molecular formula is C22H30N2O4S. The van der Waals surface area contributed by atoms with Gasteiger partial charge >= 0.3 is 0 Å². The molecule has 0 fully saturated rings. The molecule has 0 heterocycles. The topological polar surface area (TPSA) is 75.7 Å². The second kappa shape index (κ2) is 8.86. The van der Waals surface area contributed by atoms with E-state index in [9.17, 15) is 13.2 Å². The Kier molecular flexibility index (Phi) is 6.95. The van der Waals surface area contributed by atoms with E-state index < -0.39 is 16.1 Å². The smallest absolute Gasteiger partial charge is 0.265 e. The Morgan fingerprint density at radius 3 is 2.28 bits per heavy atom. The fourth-order valence-electron chi connectivity index (χ4n) is 2.71. The SMILES string of the molecule is CCC(Oc1ccc(C(C)(C)C)cc1)C(=O)Nc1cccc(N(C)S(C)(=O)=O)c1. The maximum Gasteiger partial charge on any atom is 0.265 e. The lowest BCUT2D eigenvalue weighted by Gasteiger charge is -2.21. The van der Waals surface area contributed by atoms with Crippen molar-refractivity contribution < 1.29 is 17.9 Å². The fraction of sp³-hybridized carbons (Fsp3) is 0.409. The van der Waals surface area contributed by atoms with Crippen molar-refractivity contribution >= 4 is 27.3 Å². The zero-order valence-corrected chi connectivity index (χ0v) is 18.7. The van der Waals surface area contributed by atoms with Gasteiger partial charge in [-0.1, -0.05) is 45.9 Å². The number of amides is 1. The van der Waals surface area contributed by atoms with Crippen molar-refractivity contribution in [2.45, 2.75) is 45.6 Å². The molecule has 1 amide bonds. The van der Waals surface area contributed by atoms with Crippen molar-refractivity contribution in [3.05, 3.63) is 54.1 Å². The zero-order chi connectivity index (χ0) is 21.8. The van der Waals surface area contributed by atoms with E-state index in [1.54, 1.807) is 24.3 Å². The summed E-state index contributed by atoms with van der Waals surface area (Å²) < 4.78 is 30.5. The van der Waals surface area contributed by atoms with E-state index in [-0.39, 0.29) is 11.3 Å². The van der Waals surface area contributed by atoms with E-state index in [0.29, 0.717) is 23.5 Å². The molecule has 0 saturated heterocycles. The summed E-state index contributed by atoms with van der Waals surface area (Å²) in [6, 6.07) is 14.4. The molecule has 1 atom stereocenters. The van der Waals surface area contributed by atoms with Crippen LogP contribution in [0.25, 0.3) is 0 Å². The number of hydrogen-bond acceptors (Lipinski definition) is 4. The number of rotatable bonds is 7. The van der Waals surface area contributed by atoms with E-state index >= 15 is 0 Å². The van der Waals surface area contributed by atoms with Crippen LogP contribution in [0.15, 0.2) is 48.5 Å². The van der Waals surface area contributed by atoms with Gasteiger partial charge in [-0.2, -0.15) is 0 Å². The first-order chi connectivity index (χ1) is 13.4. The van der Waals surface area contributed by atoms with E-state index in [0.717, 1.165) is 10.6 Å². The zero-order valence-electron chi connectivity index (χ0n) is 17.9. The first-order valence-electron chi connectivity index (χ1n) is 9.54. The Labute approximate surface area is 173 Å². The summed E-state index contributed by atoms with van der Waals surface area (Å²) in [5, 5.41) is 2.81. The minimum absolute atomic E-state index is 0.0458. The summed E-state index contributed by atoms with van der Waals surface area (Å²) in [6.45, 7) is 8.29. The third-order valence-electron chi connectivity index (χ3n) is 4.64. The van der Waals surface area contributed by atoms with E-state index in [1.807, 2.05) is 31.2 Å². The number of carbonyl (C=O) groups excluding carboxylic acids is 1. The summed E-state index contributed by atoms with van der Waals surface area (Å²) in [4.78, 5) is 12.7. The highest BCUT2D eigenvalue weighted by atomic mass is 32.2. The molecule has 29 heavy (non-hydrogen) atoms. The quantitative estimate of drug-likeness (QED) is 0.732. The Bertz CT molecular complexity index is 948. The molecule has 0 saturated carbocycles. The van der Waals surface area contributed by atoms with Gasteiger partial charge in [0, 0.05) is 12.7 Å². The summed E-state index contributed by atoms with van der Waals surface area (Å²) >= 11 is 0. The van der Waals surface area contributed by atoms with Gasteiger partial charge in [0.25, 0.3) is 5.91 Å². The molecule has 0 radical (unpaired) electrons. The van der Waals surface area contributed by atoms with Crippen LogP contribution in [0.2, 0.25) is 0 Å². The van der Waals surface area contributed by atoms with Crippen molar-refractivity contribution in [2.24, 2.45) is 0 Å². The van der Waals surface area contributed by atoms with Crippen LogP contribution in [0.4, 0.5) is 11.4 Å². The molecule has 2 rings (SSSR count). The van der Waals surface area contributed by atoms with E-state index in [1.165, 1.54) is 12.6 Å². The Morgan fingerprint density at radius 1 is 1.14 bits per heavy atom. The molecule has 1 unspecified atom stereocenters. The lowest BCUT2D eigenvalue weighted by molar-refractivity contribution is -0.122. The minimum Gasteiger partial charge on any atom is -0.481 e. The Morgan fingerprint density at radius 2 is 1.76 bits per heavy atom. The van der Waals surface area contributed by atoms with Crippen LogP contribution < -0.4 is 14.4 Å². The Balaban J connectivity index is 2.10. The van der Waals surface area contributed by atoms with Crippen LogP contribution in [0.1, 0.15) is 39.7 Å². The second-order valence-electron chi connectivity index (χ2n) is 8.06. The maximum atomic E-state index is 12.7. The lowest BCUT2D eigenvalue weighted by Crippen LogP contribution is -2.32. The van der Waals surface area contributed by atoms with Crippen LogP contribution >= 0.6 is 0 Å². The molecule has 0 bridgehead atoms. The van der Waals surface area contributed by atoms with Gasteiger partial charge in [-0.25, -0.2) is 8.42 Å². The van der Waals surface area contributed by atoms with Gasteiger partial charge in [0.2, 0.25) is 10.0 Å². The van der Waals surface area contributed by atoms with Crippen molar-refractivity contribution in [3.8, 4) is 5.75 Å². The highest BCUT2D eigenvalue weighted by Gasteiger charge is 2.20. The first-order valence-corrected chi connectivity index (χ1v) is 11.4. The lowest BCUT2D eigenvalue weighted by atomic mass is 9.87. The summed E-state index contributed by atoms with van der Waals surface area (Å²) in [7, 11) is -1.91. The third-order valence-corrected chi connectivity index (χ3v) is 5.84. The van der Waals surface area contributed by atoms with Gasteiger partial charge in [0.05, 0.1) is 11.9 Å². The summed E-state index contributed by atoms with van der Waals surface area (Å²) in [6.07, 6.45) is 0.965. The van der Waals surface area contributed by atoms with E-state index in [2.05, 4.69) is 26.1 Å². The van der Waals surface area contributed by atoms with Crippen LogP contribution in [-0.4, -0.2) is 33.7 Å². The van der Waals surface area contributed by atoms with E-state index in [4.69, 9.17) is 4.74 Å². The Hall–Kier alpha value is -2.54. The molecule has 2 aromatic carbocycles. The summed E-state index contributed by atoms with van der Waals surface area (Å²) in [5.41, 5.74) is 2.21. The molecule has 0 aliphatic heterocycles. The predicted molar refractivity (Wildman–Crippen MR) is 118 cm³/mol. The molecule has 7 heteroatoms. The predicted octanol–water partition coefficient (Wildman–Crippen LogP) is 4.18. The third kappa shape index (κ3) is 6.22. The molecule has 2 aromatic rings. The van der Waals surface area contributed by atoms with Gasteiger partial charge in [0.1, 0.15) is 5.75 Å². The fourth-order valence-corrected chi connectivity index (χ4v) is 3.21. The van der Waals surface area contributed by atoms with Gasteiger partial charge in [-0.05, 0) is 47.7 Å². The number of hydrogen-bond donors (Lipinski definition) is 1. The molecule has 158 valence electrons. The number of nitrogens with zero attached hydrogens (tertiary/aromatic N) is 1. The van der Waals surface area contributed by atoms with Gasteiger partial charge in [0.15, 0.2) is 6.10 Å². The van der Waals surface area contributed by atoms with Crippen molar-refractivity contribution in [3.63, 3.8) is 0 Å². The summed E-state index contributed by atoms with van der Waals surface area (Å²) in [5.74, 6) is 0.345. The van der Waals surface area contributed by atoms with Crippen molar-refractivity contribution in [1.82, 2.24) is 0 Å². The van der Waals surface area contributed by atoms with Crippen LogP contribution in [-0.2, 0) is 20.2 Å². The number of carbonyl (C=O) groups is 1. The highest BCUT2D eigenvalue weighted by Crippen LogP contribution is 2.25. The van der Waals surface area contributed by atoms with Gasteiger partial charge in [-0.3, -0.25) is 9.10 Å². The molecule has 0 aromatic heterocycles. The normalized spacial score (nSPS) is 12.9. The average molecular weight is 419 g/mol. The molecule has 0 aliphatic rings. The number of nitrogens with one attached hydrogen (secondary N) is 1.